The van der Waals surface area contributed by atoms with Crippen molar-refractivity contribution in [1.29, 1.82) is 0 Å². The first-order chi connectivity index (χ1) is 14.8. The number of benzene rings is 1. The van der Waals surface area contributed by atoms with E-state index in [0.29, 0.717) is 29.4 Å². The number of aromatic amines is 1. The van der Waals surface area contributed by atoms with Crippen LogP contribution in [-0.4, -0.2) is 65.3 Å². The van der Waals surface area contributed by atoms with Gasteiger partial charge in [-0.3, -0.25) is 0 Å². The number of alkyl halides is 3. The second-order valence-corrected chi connectivity index (χ2v) is 10.00. The summed E-state index contributed by atoms with van der Waals surface area (Å²) in [6, 6.07) is 6.67. The molecule has 1 atom stereocenters. The summed E-state index contributed by atoms with van der Waals surface area (Å²) in [6.07, 6.45) is 6.01. The predicted octanol–water partition coefficient (Wildman–Crippen LogP) is 2.94. The number of halogens is 3. The molecule has 3 heterocycles. The Balaban J connectivity index is 1.70. The average molecular weight is 458 g/mol. The van der Waals surface area contributed by atoms with Crippen molar-refractivity contribution in [2.75, 3.05) is 31.1 Å². The Bertz CT molecular complexity index is 975. The molecule has 0 aliphatic carbocycles. The van der Waals surface area contributed by atoms with Crippen LogP contribution in [0.2, 0.25) is 0 Å². The van der Waals surface area contributed by atoms with Gasteiger partial charge in [0.15, 0.2) is 0 Å². The van der Waals surface area contributed by atoms with E-state index < -0.39 is 21.6 Å². The summed E-state index contributed by atoms with van der Waals surface area (Å²) in [6.45, 7) is 2.52. The Labute approximate surface area is 179 Å². The average Bonchev–Trinajstić information content (AvgIpc) is 3.39. The largest absolute Gasteiger partial charge is 0.511 e. The summed E-state index contributed by atoms with van der Waals surface area (Å²) in [5.74, 6) is 0. The van der Waals surface area contributed by atoms with Crippen molar-refractivity contribution >= 4 is 15.7 Å². The van der Waals surface area contributed by atoms with Gasteiger partial charge in [0, 0.05) is 37.6 Å². The van der Waals surface area contributed by atoms with Crippen LogP contribution in [-0.2, 0) is 23.1 Å². The van der Waals surface area contributed by atoms with E-state index in [9.17, 15) is 21.6 Å². The zero-order chi connectivity index (χ0) is 22.1. The molecule has 1 fully saturated rings. The van der Waals surface area contributed by atoms with Crippen molar-refractivity contribution in [2.45, 2.75) is 43.9 Å². The highest BCUT2D eigenvalue weighted by Crippen LogP contribution is 2.35. The number of anilines is 1. The number of hydrogen-bond donors (Lipinski definition) is 1. The van der Waals surface area contributed by atoms with E-state index in [4.69, 9.17) is 0 Å². The van der Waals surface area contributed by atoms with Gasteiger partial charge in [-0.2, -0.15) is 17.5 Å². The molecule has 1 aromatic carbocycles. The Kier molecular flexibility index (Phi) is 6.27. The molecule has 170 valence electrons. The van der Waals surface area contributed by atoms with Gasteiger partial charge >= 0.3 is 15.5 Å². The number of H-pyrrole nitrogens is 1. The molecule has 7 nitrogen and oxygen atoms in total. The highest BCUT2D eigenvalue weighted by atomic mass is 32.2. The van der Waals surface area contributed by atoms with Gasteiger partial charge in [0.05, 0.1) is 18.6 Å². The number of rotatable bonds is 6. The van der Waals surface area contributed by atoms with Gasteiger partial charge in [0.25, 0.3) is 0 Å². The summed E-state index contributed by atoms with van der Waals surface area (Å²) < 4.78 is 65.6. The van der Waals surface area contributed by atoms with Crippen LogP contribution in [0, 0.1) is 0 Å². The lowest BCUT2D eigenvalue weighted by Crippen LogP contribution is -2.47. The van der Waals surface area contributed by atoms with Crippen molar-refractivity contribution in [3.8, 4) is 0 Å². The fourth-order valence-electron chi connectivity index (χ4n) is 4.39. The minimum Gasteiger partial charge on any atom is -0.361 e. The number of sulfonamides is 1. The van der Waals surface area contributed by atoms with E-state index in [-0.39, 0.29) is 13.1 Å². The van der Waals surface area contributed by atoms with Gasteiger partial charge in [-0.15, -0.1) is 0 Å². The zero-order valence-electron chi connectivity index (χ0n) is 17.1. The van der Waals surface area contributed by atoms with E-state index in [1.54, 1.807) is 24.7 Å². The third-order valence-corrected chi connectivity index (χ3v) is 7.55. The van der Waals surface area contributed by atoms with Crippen LogP contribution in [0.5, 0.6) is 0 Å². The van der Waals surface area contributed by atoms with Crippen LogP contribution in [0.1, 0.15) is 30.5 Å². The summed E-state index contributed by atoms with van der Waals surface area (Å²) >= 11 is 0. The predicted molar refractivity (Wildman–Crippen MR) is 111 cm³/mol. The molecule has 2 aliphatic heterocycles. The lowest BCUT2D eigenvalue weighted by molar-refractivity contribution is -0.0492. The molecule has 0 bridgehead atoms. The number of nitrogens with zero attached hydrogens (tertiary/aromatic N) is 4. The topological polar surface area (TPSA) is 72.5 Å². The molecule has 1 N–H and O–H groups in total. The standard InChI is InChI=1S/C20H26F3N5O2S/c21-20(22,23)31(29,30)27-12-16-5-1-2-6-19(16)28(13-17-11-24-15-25-17)18(14-27)7-10-26-8-3-4-9-26/h1-2,5-6,11,15,18H,3-4,7-10,12-14H2,(H,24,25)/t18-/m1/s1. The third-order valence-electron chi connectivity index (χ3n) is 6.01. The number of para-hydroxylation sites is 1. The molecular formula is C20H26F3N5O2S. The minimum absolute atomic E-state index is 0.224. The first kappa shape index (κ1) is 22.1. The summed E-state index contributed by atoms with van der Waals surface area (Å²) in [4.78, 5) is 11.4. The number of imidazole rings is 1. The highest BCUT2D eigenvalue weighted by Gasteiger charge is 2.51. The number of nitrogens with one attached hydrogen (secondary N) is 1. The normalized spacial score (nSPS) is 21.3. The number of aromatic nitrogens is 2. The number of hydrogen-bond acceptors (Lipinski definition) is 5. The second-order valence-electron chi connectivity index (χ2n) is 8.07. The van der Waals surface area contributed by atoms with E-state index >= 15 is 0 Å². The maximum atomic E-state index is 13.4. The number of likely N-dealkylation sites (tertiary alicyclic amines) is 1. The molecule has 2 aliphatic rings. The fraction of sp³-hybridized carbons (Fsp3) is 0.550. The summed E-state index contributed by atoms with van der Waals surface area (Å²) in [5.41, 5.74) is -3.21. The number of fused-ring (bicyclic) bond motifs is 1. The van der Waals surface area contributed by atoms with Gasteiger partial charge < -0.3 is 14.8 Å². The van der Waals surface area contributed by atoms with Crippen LogP contribution in [0.3, 0.4) is 0 Å². The molecule has 0 unspecified atom stereocenters. The Morgan fingerprint density at radius 1 is 1.16 bits per heavy atom. The Morgan fingerprint density at radius 3 is 2.58 bits per heavy atom. The molecule has 0 amide bonds. The maximum Gasteiger partial charge on any atom is 0.511 e. The third kappa shape index (κ3) is 4.73. The van der Waals surface area contributed by atoms with Crippen LogP contribution < -0.4 is 4.90 Å². The molecule has 11 heteroatoms. The zero-order valence-corrected chi connectivity index (χ0v) is 17.9. The van der Waals surface area contributed by atoms with Gasteiger partial charge in [0.2, 0.25) is 0 Å². The lowest BCUT2D eigenvalue weighted by Gasteiger charge is -2.35. The van der Waals surface area contributed by atoms with E-state index in [1.807, 2.05) is 17.0 Å². The van der Waals surface area contributed by atoms with Gasteiger partial charge in [-0.05, 0) is 44.0 Å². The monoisotopic (exact) mass is 457 g/mol. The van der Waals surface area contributed by atoms with Gasteiger partial charge in [-0.25, -0.2) is 13.4 Å². The molecule has 31 heavy (non-hydrogen) atoms. The quantitative estimate of drug-likeness (QED) is 0.722. The van der Waals surface area contributed by atoms with Crippen molar-refractivity contribution in [3.05, 3.63) is 48.0 Å². The summed E-state index contributed by atoms with van der Waals surface area (Å²) in [5, 5.41) is 0. The molecule has 1 aromatic heterocycles. The molecule has 4 rings (SSSR count). The van der Waals surface area contributed by atoms with E-state index in [2.05, 4.69) is 14.9 Å². The van der Waals surface area contributed by atoms with Crippen LogP contribution in [0.15, 0.2) is 36.8 Å². The molecule has 0 spiro atoms. The molecular weight excluding hydrogens is 431 g/mol. The highest BCUT2D eigenvalue weighted by molar-refractivity contribution is 7.89. The van der Waals surface area contributed by atoms with Gasteiger partial charge in [-0.1, -0.05) is 18.2 Å². The fourth-order valence-corrected chi connectivity index (χ4v) is 5.36. The minimum atomic E-state index is -5.45. The van der Waals surface area contributed by atoms with Crippen LogP contribution in [0.4, 0.5) is 18.9 Å². The van der Waals surface area contributed by atoms with Crippen LogP contribution >= 0.6 is 0 Å². The van der Waals surface area contributed by atoms with Crippen LogP contribution in [0.25, 0.3) is 0 Å². The Morgan fingerprint density at radius 2 is 1.90 bits per heavy atom. The maximum absolute atomic E-state index is 13.4. The first-order valence-electron chi connectivity index (χ1n) is 10.4. The van der Waals surface area contributed by atoms with Crippen molar-refractivity contribution < 1.29 is 21.6 Å². The van der Waals surface area contributed by atoms with Crippen molar-refractivity contribution in [1.82, 2.24) is 19.2 Å². The molecule has 0 saturated carbocycles. The summed E-state index contributed by atoms with van der Waals surface area (Å²) in [7, 11) is -5.45. The first-order valence-corrected chi connectivity index (χ1v) is 11.8. The molecule has 1 saturated heterocycles. The second kappa shape index (κ2) is 8.79. The SMILES string of the molecule is O=S(=O)(N1Cc2ccccc2N(Cc2cnc[nH]2)[C@H](CCN2CCCC2)C1)C(F)(F)F. The Hall–Kier alpha value is -2.11. The smallest absolute Gasteiger partial charge is 0.361 e. The van der Waals surface area contributed by atoms with E-state index in [1.165, 1.54) is 0 Å². The molecule has 0 radical (unpaired) electrons. The van der Waals surface area contributed by atoms with Gasteiger partial charge in [0.1, 0.15) is 0 Å². The van der Waals surface area contributed by atoms with Crippen molar-refractivity contribution in [3.63, 3.8) is 0 Å². The molecule has 2 aromatic rings. The van der Waals surface area contributed by atoms with Crippen molar-refractivity contribution in [2.24, 2.45) is 0 Å². The lowest BCUT2D eigenvalue weighted by atomic mass is 10.1. The van der Waals surface area contributed by atoms with E-state index in [0.717, 1.165) is 37.3 Å².